The molecular weight excluding hydrogens is 340 g/mol. The molecule has 1 aliphatic heterocycles. The van der Waals surface area contributed by atoms with E-state index in [0.29, 0.717) is 0 Å². The number of rotatable bonds is 4. The number of carboxylic acids is 1. The molecule has 1 aliphatic rings. The van der Waals surface area contributed by atoms with Crippen molar-refractivity contribution in [1.29, 1.82) is 0 Å². The molecule has 140 valence electrons. The van der Waals surface area contributed by atoms with Crippen molar-refractivity contribution in [2.75, 3.05) is 36.0 Å². The Labute approximate surface area is 158 Å². The highest BCUT2D eigenvalue weighted by molar-refractivity contribution is 5.82. The molecule has 6 nitrogen and oxygen atoms in total. The lowest BCUT2D eigenvalue weighted by atomic mass is 10.1. The van der Waals surface area contributed by atoms with Crippen LogP contribution in [0.2, 0.25) is 0 Å². The molecule has 0 saturated carbocycles. The number of benzene rings is 2. The number of fused-ring (bicyclic) bond motifs is 1. The van der Waals surface area contributed by atoms with Gasteiger partial charge in [0.05, 0.1) is 11.0 Å². The first-order valence-electron chi connectivity index (χ1n) is 9.26. The molecule has 4 rings (SSSR count). The minimum absolute atomic E-state index is 0.0587. The van der Waals surface area contributed by atoms with Gasteiger partial charge in [-0.3, -0.25) is 4.79 Å². The molecule has 2 heterocycles. The SMILES string of the molecule is Cc1cccc(N2CCN(c3ccc4c(c3)nc(C)n4CC(=O)O)CC2)c1. The zero-order valence-electron chi connectivity index (χ0n) is 15.7. The van der Waals surface area contributed by atoms with E-state index in [1.54, 1.807) is 4.57 Å². The van der Waals surface area contributed by atoms with E-state index in [1.165, 1.54) is 11.3 Å². The lowest BCUT2D eigenvalue weighted by molar-refractivity contribution is -0.137. The van der Waals surface area contributed by atoms with Crippen LogP contribution >= 0.6 is 0 Å². The molecule has 0 amide bonds. The number of imidazole rings is 1. The molecule has 0 bridgehead atoms. The molecule has 0 aliphatic carbocycles. The largest absolute Gasteiger partial charge is 0.480 e. The molecule has 1 fully saturated rings. The van der Waals surface area contributed by atoms with Gasteiger partial charge in [-0.1, -0.05) is 12.1 Å². The third-order valence-electron chi connectivity index (χ3n) is 5.23. The Morgan fingerprint density at radius 1 is 1.00 bits per heavy atom. The third-order valence-corrected chi connectivity index (χ3v) is 5.23. The Bertz CT molecular complexity index is 987. The Morgan fingerprint density at radius 2 is 1.67 bits per heavy atom. The van der Waals surface area contributed by atoms with Gasteiger partial charge in [-0.2, -0.15) is 0 Å². The van der Waals surface area contributed by atoms with E-state index in [0.717, 1.165) is 48.7 Å². The number of aromatic nitrogens is 2. The van der Waals surface area contributed by atoms with Gasteiger partial charge in [-0.05, 0) is 49.7 Å². The maximum atomic E-state index is 11.1. The first-order valence-corrected chi connectivity index (χ1v) is 9.26. The molecule has 1 aromatic heterocycles. The lowest BCUT2D eigenvalue weighted by Gasteiger charge is -2.37. The van der Waals surface area contributed by atoms with Gasteiger partial charge in [-0.25, -0.2) is 4.98 Å². The fourth-order valence-corrected chi connectivity index (χ4v) is 3.82. The van der Waals surface area contributed by atoms with Crippen molar-refractivity contribution in [3.8, 4) is 0 Å². The van der Waals surface area contributed by atoms with Crippen LogP contribution in [0.1, 0.15) is 11.4 Å². The lowest BCUT2D eigenvalue weighted by Crippen LogP contribution is -2.46. The topological polar surface area (TPSA) is 61.6 Å². The highest BCUT2D eigenvalue weighted by Crippen LogP contribution is 2.25. The maximum Gasteiger partial charge on any atom is 0.323 e. The molecule has 3 aromatic rings. The molecule has 6 heteroatoms. The van der Waals surface area contributed by atoms with Gasteiger partial charge in [-0.15, -0.1) is 0 Å². The van der Waals surface area contributed by atoms with Crippen LogP contribution in [0.4, 0.5) is 11.4 Å². The monoisotopic (exact) mass is 364 g/mol. The summed E-state index contributed by atoms with van der Waals surface area (Å²) in [5, 5.41) is 9.10. The molecule has 0 spiro atoms. The second-order valence-corrected chi connectivity index (χ2v) is 7.13. The van der Waals surface area contributed by atoms with Gasteiger partial charge < -0.3 is 19.5 Å². The van der Waals surface area contributed by atoms with Crippen LogP contribution in [0.3, 0.4) is 0 Å². The van der Waals surface area contributed by atoms with Crippen LogP contribution in [0, 0.1) is 13.8 Å². The van der Waals surface area contributed by atoms with Crippen molar-refractivity contribution in [2.24, 2.45) is 0 Å². The smallest absolute Gasteiger partial charge is 0.323 e. The molecule has 0 atom stereocenters. The van der Waals surface area contributed by atoms with Crippen LogP contribution in [0.15, 0.2) is 42.5 Å². The summed E-state index contributed by atoms with van der Waals surface area (Å²) >= 11 is 0. The second-order valence-electron chi connectivity index (χ2n) is 7.13. The molecule has 2 aromatic carbocycles. The average Bonchev–Trinajstić information content (AvgIpc) is 2.96. The van der Waals surface area contributed by atoms with E-state index >= 15 is 0 Å². The van der Waals surface area contributed by atoms with Crippen molar-refractivity contribution in [3.05, 3.63) is 53.9 Å². The summed E-state index contributed by atoms with van der Waals surface area (Å²) in [6, 6.07) is 14.8. The van der Waals surface area contributed by atoms with Crippen molar-refractivity contribution in [2.45, 2.75) is 20.4 Å². The Balaban J connectivity index is 1.51. The predicted octanol–water partition coefficient (Wildman–Crippen LogP) is 3.06. The number of hydrogen-bond acceptors (Lipinski definition) is 4. The number of nitrogens with zero attached hydrogens (tertiary/aromatic N) is 4. The van der Waals surface area contributed by atoms with Crippen molar-refractivity contribution in [3.63, 3.8) is 0 Å². The molecule has 27 heavy (non-hydrogen) atoms. The van der Waals surface area contributed by atoms with Crippen LogP contribution < -0.4 is 9.80 Å². The standard InChI is InChI=1S/C21H24N4O2/c1-15-4-3-5-17(12-15)23-8-10-24(11-9-23)18-6-7-20-19(13-18)22-16(2)25(20)14-21(26)27/h3-7,12-13H,8-11,14H2,1-2H3,(H,26,27). The summed E-state index contributed by atoms with van der Waals surface area (Å²) in [4.78, 5) is 20.4. The minimum Gasteiger partial charge on any atom is -0.480 e. The highest BCUT2D eigenvalue weighted by Gasteiger charge is 2.19. The third kappa shape index (κ3) is 3.47. The quantitative estimate of drug-likeness (QED) is 0.771. The maximum absolute atomic E-state index is 11.1. The normalized spacial score (nSPS) is 14.7. The molecular formula is C21H24N4O2. The molecule has 0 radical (unpaired) electrons. The predicted molar refractivity (Wildman–Crippen MR) is 108 cm³/mol. The average molecular weight is 364 g/mol. The molecule has 1 N–H and O–H groups in total. The number of aryl methyl sites for hydroxylation is 2. The second kappa shape index (κ2) is 6.95. The summed E-state index contributed by atoms with van der Waals surface area (Å²) in [5.74, 6) is -0.123. The summed E-state index contributed by atoms with van der Waals surface area (Å²) in [7, 11) is 0. The van der Waals surface area contributed by atoms with Crippen LogP contribution in [-0.4, -0.2) is 46.8 Å². The number of carbonyl (C=O) groups is 1. The Kier molecular flexibility index (Phi) is 4.48. The van der Waals surface area contributed by atoms with Crippen LogP contribution in [0.25, 0.3) is 11.0 Å². The van der Waals surface area contributed by atoms with Gasteiger partial charge in [0.1, 0.15) is 12.4 Å². The van der Waals surface area contributed by atoms with E-state index < -0.39 is 5.97 Å². The first-order chi connectivity index (χ1) is 13.0. The number of piperazine rings is 1. The fourth-order valence-electron chi connectivity index (χ4n) is 3.82. The van der Waals surface area contributed by atoms with E-state index in [1.807, 2.05) is 13.0 Å². The first kappa shape index (κ1) is 17.4. The van der Waals surface area contributed by atoms with E-state index in [-0.39, 0.29) is 6.54 Å². The highest BCUT2D eigenvalue weighted by atomic mass is 16.4. The summed E-state index contributed by atoms with van der Waals surface area (Å²) in [5.41, 5.74) is 5.44. The summed E-state index contributed by atoms with van der Waals surface area (Å²) < 4.78 is 1.75. The number of anilines is 2. The van der Waals surface area contributed by atoms with Crippen LogP contribution in [0.5, 0.6) is 0 Å². The van der Waals surface area contributed by atoms with E-state index in [9.17, 15) is 4.79 Å². The fraction of sp³-hybridized carbons (Fsp3) is 0.333. The number of hydrogen-bond donors (Lipinski definition) is 1. The summed E-state index contributed by atoms with van der Waals surface area (Å²) in [6.07, 6.45) is 0. The Hall–Kier alpha value is -3.02. The molecule has 1 saturated heterocycles. The number of aliphatic carboxylic acids is 1. The van der Waals surface area contributed by atoms with Crippen molar-refractivity contribution < 1.29 is 9.90 Å². The van der Waals surface area contributed by atoms with E-state index in [4.69, 9.17) is 5.11 Å². The van der Waals surface area contributed by atoms with Crippen molar-refractivity contribution in [1.82, 2.24) is 9.55 Å². The molecule has 0 unspecified atom stereocenters. The van der Waals surface area contributed by atoms with Crippen molar-refractivity contribution >= 4 is 28.4 Å². The van der Waals surface area contributed by atoms with Gasteiger partial charge >= 0.3 is 5.97 Å². The van der Waals surface area contributed by atoms with Gasteiger partial charge in [0, 0.05) is 37.6 Å². The zero-order chi connectivity index (χ0) is 19.0. The summed E-state index contributed by atoms with van der Waals surface area (Å²) in [6.45, 7) is 7.78. The van der Waals surface area contributed by atoms with Crippen LogP contribution in [-0.2, 0) is 11.3 Å². The van der Waals surface area contributed by atoms with E-state index in [2.05, 4.69) is 58.1 Å². The number of carboxylic acid groups (broad SMARTS) is 1. The Morgan fingerprint density at radius 3 is 2.30 bits per heavy atom. The zero-order valence-corrected chi connectivity index (χ0v) is 15.7. The van der Waals surface area contributed by atoms with Gasteiger partial charge in [0.15, 0.2) is 0 Å². The minimum atomic E-state index is -0.853. The van der Waals surface area contributed by atoms with Gasteiger partial charge in [0.25, 0.3) is 0 Å². The van der Waals surface area contributed by atoms with Gasteiger partial charge in [0.2, 0.25) is 0 Å².